The normalized spacial score (nSPS) is 16.0. The Morgan fingerprint density at radius 2 is 1.86 bits per heavy atom. The third-order valence-corrected chi connectivity index (χ3v) is 5.29. The highest BCUT2D eigenvalue weighted by molar-refractivity contribution is 8.01. The first kappa shape index (κ1) is 17.3. The fourth-order valence-corrected chi connectivity index (χ4v) is 4.24. The number of rotatable bonds is 2. The molecule has 1 heterocycles. The molecular weight excluding hydrogens is 310 g/mol. The molecule has 0 saturated heterocycles. The highest BCUT2D eigenvalue weighted by atomic mass is 32.2. The van der Waals surface area contributed by atoms with Crippen molar-refractivity contribution in [1.29, 1.82) is 0 Å². The van der Waals surface area contributed by atoms with Gasteiger partial charge in [0.15, 0.2) is 0 Å². The van der Waals surface area contributed by atoms with Gasteiger partial charge in [-0.3, -0.25) is 0 Å². The van der Waals surface area contributed by atoms with Crippen LogP contribution in [-0.4, -0.2) is 17.9 Å². The third kappa shape index (κ3) is 3.45. The maximum atomic E-state index is 10.7. The Labute approximate surface area is 142 Å². The molecule has 1 unspecified atom stereocenters. The highest BCUT2D eigenvalue weighted by Gasteiger charge is 2.24. The zero-order valence-corrected chi connectivity index (χ0v) is 15.2. The lowest BCUT2D eigenvalue weighted by molar-refractivity contribution is 0.218. The van der Waals surface area contributed by atoms with Crippen molar-refractivity contribution in [2.75, 3.05) is 17.1 Å². The van der Waals surface area contributed by atoms with Gasteiger partial charge in [-0.15, -0.1) is 11.8 Å². The van der Waals surface area contributed by atoms with E-state index in [1.165, 1.54) is 4.90 Å². The van der Waals surface area contributed by atoms with Gasteiger partial charge in [-0.25, -0.2) is 0 Å². The van der Waals surface area contributed by atoms with Gasteiger partial charge in [0.05, 0.1) is 5.69 Å². The van der Waals surface area contributed by atoms with Crippen molar-refractivity contribution < 1.29 is 5.11 Å². The summed E-state index contributed by atoms with van der Waals surface area (Å²) in [5.41, 5.74) is 3.04. The second kappa shape index (κ2) is 7.95. The van der Waals surface area contributed by atoms with Gasteiger partial charge >= 0.3 is 0 Å². The number of anilines is 1. The first-order valence-electron chi connectivity index (χ1n) is 7.66. The van der Waals surface area contributed by atoms with Crippen molar-refractivity contribution in [2.24, 2.45) is 0 Å². The second-order valence-electron chi connectivity index (χ2n) is 4.68. The summed E-state index contributed by atoms with van der Waals surface area (Å²) in [7, 11) is 2.05. The number of thioether (sulfide) groups is 1. The number of para-hydroxylation sites is 1. The van der Waals surface area contributed by atoms with Crippen LogP contribution in [0.25, 0.3) is 0 Å². The Kier molecular flexibility index (Phi) is 6.24. The van der Waals surface area contributed by atoms with Crippen molar-refractivity contribution >= 4 is 29.4 Å². The molecule has 1 aliphatic rings. The van der Waals surface area contributed by atoms with Crippen LogP contribution in [0.5, 0.6) is 0 Å². The molecule has 1 aliphatic heterocycles. The minimum atomic E-state index is -0.556. The van der Waals surface area contributed by atoms with Crippen LogP contribution in [-0.2, 0) is 0 Å². The molecule has 0 spiro atoms. The van der Waals surface area contributed by atoms with E-state index >= 15 is 0 Å². The first-order valence-corrected chi connectivity index (χ1v) is 9.42. The van der Waals surface area contributed by atoms with E-state index in [1.807, 2.05) is 50.9 Å². The van der Waals surface area contributed by atoms with E-state index < -0.39 is 6.10 Å². The van der Waals surface area contributed by atoms with Gasteiger partial charge in [0, 0.05) is 28.0 Å². The summed E-state index contributed by atoms with van der Waals surface area (Å²) in [5, 5.41) is 10.7. The SMILES string of the molecule is CC.CCSc1ccc2c(c1)SN(C)c1ccccc1C2O. The summed E-state index contributed by atoms with van der Waals surface area (Å²) in [6, 6.07) is 14.4. The van der Waals surface area contributed by atoms with Crippen molar-refractivity contribution in [1.82, 2.24) is 0 Å². The number of benzene rings is 2. The monoisotopic (exact) mass is 333 g/mol. The Morgan fingerprint density at radius 3 is 2.59 bits per heavy atom. The molecule has 1 atom stereocenters. The average molecular weight is 334 g/mol. The van der Waals surface area contributed by atoms with Crippen LogP contribution in [0.4, 0.5) is 5.69 Å². The second-order valence-corrected chi connectivity index (χ2v) is 7.19. The molecule has 0 fully saturated rings. The van der Waals surface area contributed by atoms with E-state index in [0.29, 0.717) is 0 Å². The molecule has 0 aromatic heterocycles. The van der Waals surface area contributed by atoms with Crippen LogP contribution in [0.15, 0.2) is 52.3 Å². The van der Waals surface area contributed by atoms with Crippen LogP contribution in [0, 0.1) is 0 Å². The fourth-order valence-electron chi connectivity index (χ4n) is 2.45. The minimum Gasteiger partial charge on any atom is -0.384 e. The summed E-state index contributed by atoms with van der Waals surface area (Å²) in [6.07, 6.45) is -0.556. The molecular formula is C18H23NOS2. The molecule has 3 rings (SSSR count). The van der Waals surface area contributed by atoms with E-state index in [-0.39, 0.29) is 0 Å². The van der Waals surface area contributed by atoms with Crippen molar-refractivity contribution in [2.45, 2.75) is 36.7 Å². The average Bonchev–Trinajstić information content (AvgIpc) is 2.66. The number of nitrogens with zero attached hydrogens (tertiary/aromatic N) is 1. The van der Waals surface area contributed by atoms with Gasteiger partial charge < -0.3 is 9.41 Å². The predicted octanol–water partition coefficient (Wildman–Crippen LogP) is 5.36. The van der Waals surface area contributed by atoms with E-state index in [1.54, 1.807) is 11.9 Å². The predicted molar refractivity (Wildman–Crippen MR) is 99.0 cm³/mol. The molecule has 22 heavy (non-hydrogen) atoms. The van der Waals surface area contributed by atoms with Crippen molar-refractivity contribution in [3.05, 3.63) is 53.6 Å². The topological polar surface area (TPSA) is 23.5 Å². The van der Waals surface area contributed by atoms with E-state index in [2.05, 4.69) is 35.5 Å². The summed E-state index contributed by atoms with van der Waals surface area (Å²) < 4.78 is 2.13. The number of hydrogen-bond acceptors (Lipinski definition) is 4. The van der Waals surface area contributed by atoms with E-state index in [9.17, 15) is 5.11 Å². The van der Waals surface area contributed by atoms with E-state index in [4.69, 9.17) is 0 Å². The van der Waals surface area contributed by atoms with Gasteiger partial charge in [-0.05, 0) is 35.9 Å². The Morgan fingerprint density at radius 1 is 1.14 bits per heavy atom. The third-order valence-electron chi connectivity index (χ3n) is 3.40. The number of fused-ring (bicyclic) bond motifs is 2. The van der Waals surface area contributed by atoms with Gasteiger partial charge in [-0.2, -0.15) is 0 Å². The molecule has 2 aromatic rings. The smallest absolute Gasteiger partial charge is 0.107 e. The van der Waals surface area contributed by atoms with Crippen LogP contribution >= 0.6 is 23.7 Å². The van der Waals surface area contributed by atoms with Crippen LogP contribution < -0.4 is 4.31 Å². The Bertz CT molecular complexity index is 630. The molecule has 2 nitrogen and oxygen atoms in total. The summed E-state index contributed by atoms with van der Waals surface area (Å²) >= 11 is 3.51. The van der Waals surface area contributed by atoms with Gasteiger partial charge in [0.2, 0.25) is 0 Å². The molecule has 1 N–H and O–H groups in total. The molecule has 118 valence electrons. The maximum Gasteiger partial charge on any atom is 0.107 e. The van der Waals surface area contributed by atoms with Crippen molar-refractivity contribution in [3.63, 3.8) is 0 Å². The minimum absolute atomic E-state index is 0.556. The summed E-state index contributed by atoms with van der Waals surface area (Å²) in [6.45, 7) is 6.15. The number of hydrogen-bond donors (Lipinski definition) is 1. The van der Waals surface area contributed by atoms with Crippen LogP contribution in [0.3, 0.4) is 0 Å². The molecule has 0 aliphatic carbocycles. The lowest BCUT2D eigenvalue weighted by Crippen LogP contribution is -2.07. The van der Waals surface area contributed by atoms with E-state index in [0.717, 1.165) is 27.5 Å². The van der Waals surface area contributed by atoms with Gasteiger partial charge in [0.25, 0.3) is 0 Å². The number of aliphatic hydroxyl groups excluding tert-OH is 1. The quantitative estimate of drug-likeness (QED) is 0.590. The molecule has 0 radical (unpaired) electrons. The number of aliphatic hydroxyl groups is 1. The molecule has 2 aromatic carbocycles. The Balaban J connectivity index is 0.000000847. The summed E-state index contributed by atoms with van der Waals surface area (Å²) in [5.74, 6) is 1.06. The largest absolute Gasteiger partial charge is 0.384 e. The molecule has 4 heteroatoms. The van der Waals surface area contributed by atoms with Gasteiger partial charge in [0.1, 0.15) is 6.10 Å². The standard InChI is InChI=1S/C16H17NOS2.C2H6/c1-3-19-11-8-9-13-15(10-11)20-17(2)14-7-5-4-6-12(14)16(13)18;1-2/h4-10,16,18H,3H2,1-2H3;1-2H3. The van der Waals surface area contributed by atoms with Crippen LogP contribution in [0.1, 0.15) is 38.0 Å². The maximum absolute atomic E-state index is 10.7. The summed E-state index contributed by atoms with van der Waals surface area (Å²) in [4.78, 5) is 2.39. The molecule has 0 bridgehead atoms. The highest BCUT2D eigenvalue weighted by Crippen LogP contribution is 2.43. The van der Waals surface area contributed by atoms with Crippen molar-refractivity contribution in [3.8, 4) is 0 Å². The lowest BCUT2D eigenvalue weighted by Gasteiger charge is -2.18. The zero-order chi connectivity index (χ0) is 16.1. The Hall–Kier alpha value is -1.10. The fraction of sp³-hybridized carbons (Fsp3) is 0.333. The first-order chi connectivity index (χ1) is 10.7. The lowest BCUT2D eigenvalue weighted by atomic mass is 10.00. The van der Waals surface area contributed by atoms with Crippen LogP contribution in [0.2, 0.25) is 0 Å². The molecule has 0 saturated carbocycles. The zero-order valence-electron chi connectivity index (χ0n) is 13.5. The molecule has 0 amide bonds. The van der Waals surface area contributed by atoms with Gasteiger partial charge in [-0.1, -0.05) is 45.0 Å².